The number of aliphatic hydroxyl groups is 1. The van der Waals surface area contributed by atoms with E-state index in [9.17, 15) is 22.3 Å². The van der Waals surface area contributed by atoms with E-state index < -0.39 is 33.5 Å². The van der Waals surface area contributed by atoms with E-state index in [0.29, 0.717) is 35.0 Å². The first-order chi connectivity index (χ1) is 17.9. The van der Waals surface area contributed by atoms with Gasteiger partial charge < -0.3 is 5.11 Å². The fraction of sp³-hybridized carbons (Fsp3) is 0.233. The van der Waals surface area contributed by atoms with Gasteiger partial charge in [-0.1, -0.05) is 54.6 Å². The molecule has 0 aliphatic heterocycles. The molecule has 3 aromatic carbocycles. The molecular formula is C30H29F2NO4S. The number of hydrogen-bond donors (Lipinski definition) is 1. The summed E-state index contributed by atoms with van der Waals surface area (Å²) in [4.78, 5) is 4.37. The molecule has 0 radical (unpaired) electrons. The van der Waals surface area contributed by atoms with Crippen LogP contribution in [0.25, 0.3) is 23.1 Å². The molecule has 0 aliphatic rings. The molecule has 0 fully saturated rings. The lowest BCUT2D eigenvalue weighted by Crippen LogP contribution is -2.18. The van der Waals surface area contributed by atoms with Crippen LogP contribution in [0.15, 0.2) is 72.8 Å². The van der Waals surface area contributed by atoms with Crippen LogP contribution in [-0.4, -0.2) is 24.8 Å². The number of aryl methyl sites for hydroxylation is 1. The monoisotopic (exact) mass is 537 g/mol. The number of fused-ring (bicyclic) bond motifs is 1. The quantitative estimate of drug-likeness (QED) is 0.245. The van der Waals surface area contributed by atoms with Gasteiger partial charge in [-0.25, -0.2) is 13.8 Å². The molecule has 0 amide bonds. The Bertz CT molecular complexity index is 1590. The molecule has 38 heavy (non-hydrogen) atoms. The molecule has 4 aromatic rings. The number of rotatable bonds is 9. The average molecular weight is 538 g/mol. The smallest absolute Gasteiger partial charge is 0.264 e. The second kappa shape index (κ2) is 11.1. The van der Waals surface area contributed by atoms with Crippen molar-refractivity contribution in [3.05, 3.63) is 112 Å². The van der Waals surface area contributed by atoms with Crippen LogP contribution < -0.4 is 0 Å². The highest BCUT2D eigenvalue weighted by Gasteiger charge is 2.22. The highest BCUT2D eigenvalue weighted by molar-refractivity contribution is 7.86. The van der Waals surface area contributed by atoms with Crippen molar-refractivity contribution in [2.24, 2.45) is 0 Å². The Morgan fingerprint density at radius 2 is 1.71 bits per heavy atom. The molecule has 1 atom stereocenters. The molecule has 0 saturated heterocycles. The molecule has 0 aliphatic carbocycles. The normalized spacial score (nSPS) is 13.3. The van der Waals surface area contributed by atoms with E-state index in [4.69, 9.17) is 4.18 Å². The van der Waals surface area contributed by atoms with Crippen LogP contribution in [0.5, 0.6) is 0 Å². The van der Waals surface area contributed by atoms with Crippen LogP contribution >= 0.6 is 0 Å². The summed E-state index contributed by atoms with van der Waals surface area (Å²) < 4.78 is 56.7. The van der Waals surface area contributed by atoms with Gasteiger partial charge >= 0.3 is 0 Å². The maximum atomic E-state index is 13.6. The van der Waals surface area contributed by atoms with Gasteiger partial charge in [0.25, 0.3) is 10.1 Å². The molecule has 1 heterocycles. The van der Waals surface area contributed by atoms with Gasteiger partial charge in [-0.15, -0.1) is 0 Å². The third-order valence-corrected chi connectivity index (χ3v) is 6.71. The van der Waals surface area contributed by atoms with Crippen molar-refractivity contribution in [3.8, 4) is 0 Å². The fourth-order valence-corrected chi connectivity index (χ4v) is 5.00. The molecule has 4 rings (SSSR count). The van der Waals surface area contributed by atoms with E-state index in [0.717, 1.165) is 35.1 Å². The Labute approximate surface area is 221 Å². The fourth-order valence-electron chi connectivity index (χ4n) is 4.37. The SMILES string of the molecule is CC(C)(O)c1ccccc1CCC(OS(C)(=O)=O)c1cccc(/C=C/c2ccc3cc(F)c(F)cc3n2)c1. The lowest BCUT2D eigenvalue weighted by molar-refractivity contribution is 0.0773. The summed E-state index contributed by atoms with van der Waals surface area (Å²) in [5, 5.41) is 11.0. The van der Waals surface area contributed by atoms with E-state index in [1.807, 2.05) is 42.5 Å². The molecular weight excluding hydrogens is 508 g/mol. The first kappa shape index (κ1) is 27.6. The van der Waals surface area contributed by atoms with Crippen molar-refractivity contribution < 1.29 is 26.5 Å². The minimum Gasteiger partial charge on any atom is -0.386 e. The molecule has 0 saturated carbocycles. The molecule has 0 bridgehead atoms. The summed E-state index contributed by atoms with van der Waals surface area (Å²) in [7, 11) is -3.74. The molecule has 1 unspecified atom stereocenters. The van der Waals surface area contributed by atoms with Gasteiger partial charge in [0.1, 0.15) is 6.10 Å². The van der Waals surface area contributed by atoms with Crippen LogP contribution in [0.2, 0.25) is 0 Å². The van der Waals surface area contributed by atoms with E-state index in [-0.39, 0.29) is 0 Å². The summed E-state index contributed by atoms with van der Waals surface area (Å²) in [6.07, 6.45) is 4.71. The van der Waals surface area contributed by atoms with Gasteiger partial charge in [-0.05, 0) is 73.2 Å². The minimum atomic E-state index is -3.74. The zero-order chi connectivity index (χ0) is 27.5. The van der Waals surface area contributed by atoms with E-state index in [1.165, 1.54) is 0 Å². The number of aromatic nitrogens is 1. The zero-order valence-electron chi connectivity index (χ0n) is 21.4. The Balaban J connectivity index is 1.58. The van der Waals surface area contributed by atoms with Crippen molar-refractivity contribution in [2.75, 3.05) is 6.26 Å². The van der Waals surface area contributed by atoms with Gasteiger partial charge in [0.05, 0.1) is 23.1 Å². The second-order valence-electron chi connectivity index (χ2n) is 9.74. The van der Waals surface area contributed by atoms with Gasteiger partial charge in [0.2, 0.25) is 0 Å². The van der Waals surface area contributed by atoms with Crippen molar-refractivity contribution in [1.82, 2.24) is 4.98 Å². The Morgan fingerprint density at radius 3 is 2.45 bits per heavy atom. The highest BCUT2D eigenvalue weighted by Crippen LogP contribution is 2.30. The maximum absolute atomic E-state index is 13.6. The van der Waals surface area contributed by atoms with Crippen LogP contribution in [-0.2, 0) is 26.3 Å². The third-order valence-electron chi connectivity index (χ3n) is 6.13. The van der Waals surface area contributed by atoms with E-state index in [1.54, 1.807) is 44.2 Å². The van der Waals surface area contributed by atoms with E-state index >= 15 is 0 Å². The zero-order valence-corrected chi connectivity index (χ0v) is 22.2. The van der Waals surface area contributed by atoms with Crippen LogP contribution in [0, 0.1) is 11.6 Å². The van der Waals surface area contributed by atoms with Crippen molar-refractivity contribution in [1.29, 1.82) is 0 Å². The predicted molar refractivity (Wildman–Crippen MR) is 146 cm³/mol. The minimum absolute atomic E-state index is 0.341. The van der Waals surface area contributed by atoms with Gasteiger partial charge in [-0.2, -0.15) is 8.42 Å². The van der Waals surface area contributed by atoms with Crippen molar-refractivity contribution >= 4 is 33.2 Å². The first-order valence-electron chi connectivity index (χ1n) is 12.1. The van der Waals surface area contributed by atoms with Gasteiger partial charge in [-0.3, -0.25) is 4.18 Å². The lowest BCUT2D eigenvalue weighted by Gasteiger charge is -2.23. The number of benzene rings is 3. The number of hydrogen-bond acceptors (Lipinski definition) is 5. The van der Waals surface area contributed by atoms with Gasteiger partial charge in [0, 0.05) is 11.5 Å². The summed E-state index contributed by atoms with van der Waals surface area (Å²) in [6.45, 7) is 3.43. The third kappa shape index (κ3) is 7.10. The largest absolute Gasteiger partial charge is 0.386 e. The molecule has 8 heteroatoms. The highest BCUT2D eigenvalue weighted by atomic mass is 32.2. The Morgan fingerprint density at radius 1 is 0.974 bits per heavy atom. The molecule has 1 N–H and O–H groups in total. The van der Waals surface area contributed by atoms with Crippen LogP contribution in [0.1, 0.15) is 54.3 Å². The van der Waals surface area contributed by atoms with Crippen molar-refractivity contribution in [2.45, 2.75) is 38.4 Å². The predicted octanol–water partition coefficient (Wildman–Crippen LogP) is 6.56. The average Bonchev–Trinajstić information content (AvgIpc) is 2.85. The molecule has 5 nitrogen and oxygen atoms in total. The van der Waals surface area contributed by atoms with Crippen molar-refractivity contribution in [3.63, 3.8) is 0 Å². The van der Waals surface area contributed by atoms with Crippen LogP contribution in [0.4, 0.5) is 8.78 Å². The molecule has 198 valence electrons. The summed E-state index contributed by atoms with van der Waals surface area (Å²) in [5.74, 6) is -1.88. The van der Waals surface area contributed by atoms with Gasteiger partial charge in [0.15, 0.2) is 11.6 Å². The lowest BCUT2D eigenvalue weighted by atomic mass is 9.90. The summed E-state index contributed by atoms with van der Waals surface area (Å²) in [6, 6.07) is 20.4. The van der Waals surface area contributed by atoms with Crippen LogP contribution in [0.3, 0.4) is 0 Å². The topological polar surface area (TPSA) is 76.5 Å². The number of halogens is 2. The maximum Gasteiger partial charge on any atom is 0.264 e. The first-order valence-corrected chi connectivity index (χ1v) is 13.9. The molecule has 0 spiro atoms. The second-order valence-corrected chi connectivity index (χ2v) is 11.3. The van der Waals surface area contributed by atoms with E-state index in [2.05, 4.69) is 4.98 Å². The number of nitrogens with zero attached hydrogens (tertiary/aromatic N) is 1. The molecule has 1 aromatic heterocycles. The Hall–Kier alpha value is -3.46. The Kier molecular flexibility index (Phi) is 8.06. The summed E-state index contributed by atoms with van der Waals surface area (Å²) in [5.41, 5.74) is 3.02. The number of pyridine rings is 1. The summed E-state index contributed by atoms with van der Waals surface area (Å²) >= 11 is 0. The standard InChI is InChI=1S/C30H29F2NO4S/c1-30(2,34)25-10-5-4-8-21(25)13-16-29(37-38(3,35)36)23-9-6-7-20(17-23)11-14-24-15-12-22-18-26(31)27(32)19-28(22)33-24/h4-12,14-15,17-19,29,34H,13,16H2,1-3H3/b14-11+.